The van der Waals surface area contributed by atoms with E-state index < -0.39 is 11.2 Å². The van der Waals surface area contributed by atoms with Gasteiger partial charge in [0.15, 0.2) is 5.01 Å². The van der Waals surface area contributed by atoms with Crippen molar-refractivity contribution in [1.82, 2.24) is 4.98 Å². The molecule has 2 nitrogen and oxygen atoms in total. The number of rotatable bonds is 1. The number of hydrogen-bond acceptors (Lipinski definition) is 3. The number of fused-ring (bicyclic) bond motifs is 1. The molecule has 1 radical (unpaired) electrons. The van der Waals surface area contributed by atoms with Crippen LogP contribution in [0.3, 0.4) is 0 Å². The van der Waals surface area contributed by atoms with Gasteiger partial charge in [0.25, 0.3) is 0 Å². The van der Waals surface area contributed by atoms with Gasteiger partial charge in [0.1, 0.15) is 11.3 Å². The Labute approximate surface area is 87.3 Å². The smallest absolute Gasteiger partial charge is 0.443 e. The summed E-state index contributed by atoms with van der Waals surface area (Å²) in [5, 5.41) is -0.865. The number of aromatic nitrogens is 1. The van der Waals surface area contributed by atoms with Crippen molar-refractivity contribution in [3.63, 3.8) is 0 Å². The predicted octanol–water partition coefficient (Wildman–Crippen LogP) is 3.12. The molecule has 0 unspecified atom stereocenters. The van der Waals surface area contributed by atoms with Gasteiger partial charge in [-0.3, -0.25) is 0 Å². The van der Waals surface area contributed by atoms with Crippen molar-refractivity contribution < 1.29 is 17.9 Å². The van der Waals surface area contributed by atoms with E-state index in [0.29, 0.717) is 21.8 Å². The number of methoxy groups -OCH3 is 1. The number of benzene rings is 1. The van der Waals surface area contributed by atoms with Gasteiger partial charge in [-0.1, -0.05) is 0 Å². The molecule has 0 amide bonds. The van der Waals surface area contributed by atoms with Crippen LogP contribution in [0.4, 0.5) is 13.2 Å². The molecule has 0 saturated carbocycles. The predicted molar refractivity (Wildman–Crippen MR) is 50.0 cm³/mol. The van der Waals surface area contributed by atoms with Crippen LogP contribution >= 0.6 is 11.3 Å². The Kier molecular flexibility index (Phi) is 2.30. The summed E-state index contributed by atoms with van der Waals surface area (Å²) in [5.41, 5.74) is 0.230. The van der Waals surface area contributed by atoms with Crippen LogP contribution in [0.15, 0.2) is 12.1 Å². The first kappa shape index (κ1) is 10.2. The van der Waals surface area contributed by atoms with Crippen molar-refractivity contribution >= 4 is 21.6 Å². The molecule has 0 atom stereocenters. The van der Waals surface area contributed by atoms with E-state index >= 15 is 0 Å². The lowest BCUT2D eigenvalue weighted by Gasteiger charge is -1.99. The van der Waals surface area contributed by atoms with Crippen molar-refractivity contribution in [2.24, 2.45) is 0 Å². The van der Waals surface area contributed by atoms with Gasteiger partial charge in [-0.05, 0) is 18.2 Å². The van der Waals surface area contributed by atoms with Gasteiger partial charge in [0.2, 0.25) is 0 Å². The van der Waals surface area contributed by atoms with Crippen molar-refractivity contribution in [3.05, 3.63) is 23.2 Å². The molecule has 0 aliphatic rings. The first-order valence-electron chi connectivity index (χ1n) is 3.94. The second-order valence-corrected chi connectivity index (χ2v) is 3.78. The maximum atomic E-state index is 12.4. The van der Waals surface area contributed by atoms with Crippen LogP contribution in [-0.2, 0) is 6.18 Å². The number of hydrogen-bond donors (Lipinski definition) is 0. The molecule has 1 aromatic heterocycles. The number of thiazole rings is 1. The van der Waals surface area contributed by atoms with E-state index in [0.717, 1.165) is 0 Å². The van der Waals surface area contributed by atoms with Crippen molar-refractivity contribution in [2.75, 3.05) is 7.11 Å². The van der Waals surface area contributed by atoms with E-state index in [1.54, 1.807) is 0 Å². The summed E-state index contributed by atoms with van der Waals surface area (Å²) in [6, 6.07) is 5.62. The third-order valence-electron chi connectivity index (χ3n) is 1.78. The van der Waals surface area contributed by atoms with Gasteiger partial charge in [-0.15, -0.1) is 11.3 Å². The van der Waals surface area contributed by atoms with Gasteiger partial charge >= 0.3 is 6.18 Å². The number of ether oxygens (including phenoxy) is 1. The Balaban J connectivity index is 2.65. The molecule has 0 aliphatic heterocycles. The summed E-state index contributed by atoms with van der Waals surface area (Å²) >= 11 is 0.586. The van der Waals surface area contributed by atoms with E-state index in [1.165, 1.54) is 19.2 Å². The Hall–Kier alpha value is -1.30. The number of nitrogens with zero attached hydrogens (tertiary/aromatic N) is 1. The average Bonchev–Trinajstić information content (AvgIpc) is 2.59. The first-order valence-corrected chi connectivity index (χ1v) is 4.76. The molecule has 1 aromatic carbocycles. The molecule has 0 aliphatic carbocycles. The monoisotopic (exact) mass is 232 g/mol. The molecule has 0 N–H and O–H groups in total. The molecule has 1 heterocycles. The van der Waals surface area contributed by atoms with E-state index in [9.17, 15) is 13.2 Å². The zero-order chi connectivity index (χ0) is 11.1. The minimum atomic E-state index is -4.41. The zero-order valence-corrected chi connectivity index (χ0v) is 8.37. The quantitative estimate of drug-likeness (QED) is 0.753. The van der Waals surface area contributed by atoms with Crippen LogP contribution in [0.1, 0.15) is 5.01 Å². The van der Waals surface area contributed by atoms with Gasteiger partial charge < -0.3 is 4.74 Å². The van der Waals surface area contributed by atoms with Gasteiger partial charge in [-0.25, -0.2) is 4.98 Å². The number of alkyl halides is 3. The van der Waals surface area contributed by atoms with Crippen LogP contribution in [-0.4, -0.2) is 12.1 Å². The molecule has 2 aromatic rings. The lowest BCUT2D eigenvalue weighted by atomic mass is 10.3. The van der Waals surface area contributed by atoms with Crippen molar-refractivity contribution in [2.45, 2.75) is 6.18 Å². The van der Waals surface area contributed by atoms with Crippen LogP contribution in [0.2, 0.25) is 0 Å². The molecular weight excluding hydrogens is 227 g/mol. The van der Waals surface area contributed by atoms with Crippen LogP contribution in [0.25, 0.3) is 10.2 Å². The lowest BCUT2D eigenvalue weighted by Crippen LogP contribution is -2.03. The average molecular weight is 232 g/mol. The molecule has 0 saturated heterocycles. The van der Waals surface area contributed by atoms with Crippen LogP contribution < -0.4 is 4.74 Å². The largest absolute Gasteiger partial charge is 0.494 e. The van der Waals surface area contributed by atoms with E-state index in [2.05, 4.69) is 11.1 Å². The maximum absolute atomic E-state index is 12.4. The van der Waals surface area contributed by atoms with Crippen LogP contribution in [0.5, 0.6) is 5.75 Å². The van der Waals surface area contributed by atoms with E-state index in [-0.39, 0.29) is 5.52 Å². The van der Waals surface area contributed by atoms with Crippen LogP contribution in [0, 0.1) is 6.07 Å². The molecular formula is C9H5F3NOS. The SMILES string of the molecule is COc1c[c]cc2sc(C(F)(F)F)nc12. The zero-order valence-electron chi connectivity index (χ0n) is 7.55. The highest BCUT2D eigenvalue weighted by atomic mass is 32.1. The number of halogens is 3. The van der Waals surface area contributed by atoms with Gasteiger partial charge in [0, 0.05) is 0 Å². The molecule has 79 valence electrons. The second kappa shape index (κ2) is 3.37. The highest BCUT2D eigenvalue weighted by Crippen LogP contribution is 2.37. The Bertz CT molecular complexity index is 492. The Morgan fingerprint density at radius 1 is 1.40 bits per heavy atom. The molecule has 0 bridgehead atoms. The first-order chi connectivity index (χ1) is 7.02. The highest BCUT2D eigenvalue weighted by Gasteiger charge is 2.35. The van der Waals surface area contributed by atoms with Gasteiger partial charge in [-0.2, -0.15) is 13.2 Å². The fraction of sp³-hybridized carbons (Fsp3) is 0.222. The summed E-state index contributed by atoms with van der Waals surface area (Å²) in [5.74, 6) is 0.305. The molecule has 0 fully saturated rings. The minimum absolute atomic E-state index is 0.230. The maximum Gasteiger partial charge on any atom is 0.443 e. The van der Waals surface area contributed by atoms with Gasteiger partial charge in [0.05, 0.1) is 11.8 Å². The molecule has 15 heavy (non-hydrogen) atoms. The normalized spacial score (nSPS) is 12.0. The summed E-state index contributed by atoms with van der Waals surface area (Å²) in [7, 11) is 1.38. The topological polar surface area (TPSA) is 22.1 Å². The fourth-order valence-electron chi connectivity index (χ4n) is 1.14. The molecule has 6 heteroatoms. The third kappa shape index (κ3) is 1.77. The summed E-state index contributed by atoms with van der Waals surface area (Å²) in [6.45, 7) is 0. The highest BCUT2D eigenvalue weighted by molar-refractivity contribution is 7.18. The fourth-order valence-corrected chi connectivity index (χ4v) is 1.98. The van der Waals surface area contributed by atoms with E-state index in [4.69, 9.17) is 4.74 Å². The van der Waals surface area contributed by atoms with E-state index in [1.807, 2.05) is 0 Å². The standard InChI is InChI=1S/C9H5F3NOS/c1-14-5-3-2-4-6-7(5)13-8(15-6)9(10,11)12/h3-4H,1H3. The summed E-state index contributed by atoms with van der Waals surface area (Å²) in [6.07, 6.45) is -4.41. The second-order valence-electron chi connectivity index (χ2n) is 2.75. The molecule has 2 rings (SSSR count). The lowest BCUT2D eigenvalue weighted by molar-refractivity contribution is -0.137. The summed E-state index contributed by atoms with van der Waals surface area (Å²) in [4.78, 5) is 3.50. The third-order valence-corrected chi connectivity index (χ3v) is 2.83. The Morgan fingerprint density at radius 2 is 2.13 bits per heavy atom. The molecule has 0 spiro atoms. The van der Waals surface area contributed by atoms with Crippen molar-refractivity contribution in [3.8, 4) is 5.75 Å². The Morgan fingerprint density at radius 3 is 2.73 bits per heavy atom. The van der Waals surface area contributed by atoms with Crippen molar-refractivity contribution in [1.29, 1.82) is 0 Å². The summed E-state index contributed by atoms with van der Waals surface area (Å²) < 4.78 is 42.4. The minimum Gasteiger partial charge on any atom is -0.494 e.